The lowest BCUT2D eigenvalue weighted by Crippen LogP contribution is -2.15. The Balaban J connectivity index is 1.42. The van der Waals surface area contributed by atoms with Crippen LogP contribution in [0.25, 0.3) is 22.4 Å². The van der Waals surface area contributed by atoms with Gasteiger partial charge >= 0.3 is 11.6 Å². The Morgan fingerprint density at radius 3 is 2.71 bits per heavy atom. The number of nitrogens with zero attached hydrogens (tertiary/aromatic N) is 2. The standard InChI is InChI=1S/C25H23FN2O6/c1-13-5-6-16(11-20(13)26)23-27-24(34-28-23)15(3)32-22(29)10-9-19-14(2)18-8-7-17(31-4)12-21(18)33-25(19)30/h5-8,11-12,15H,9-10H2,1-4H3. The lowest BCUT2D eigenvalue weighted by molar-refractivity contribution is -0.149. The summed E-state index contributed by atoms with van der Waals surface area (Å²) >= 11 is 0. The molecule has 0 radical (unpaired) electrons. The van der Waals surface area contributed by atoms with Gasteiger partial charge in [-0.1, -0.05) is 17.3 Å². The number of esters is 1. The van der Waals surface area contributed by atoms with Crippen molar-refractivity contribution >= 4 is 16.9 Å². The highest BCUT2D eigenvalue weighted by atomic mass is 19.1. The predicted octanol–water partition coefficient (Wildman–Crippen LogP) is 4.84. The lowest BCUT2D eigenvalue weighted by atomic mass is 10.0. The van der Waals surface area contributed by atoms with Crippen LogP contribution in [-0.4, -0.2) is 23.2 Å². The van der Waals surface area contributed by atoms with Crippen molar-refractivity contribution in [3.8, 4) is 17.1 Å². The smallest absolute Gasteiger partial charge is 0.339 e. The molecule has 34 heavy (non-hydrogen) atoms. The Morgan fingerprint density at radius 1 is 1.18 bits per heavy atom. The number of benzene rings is 2. The summed E-state index contributed by atoms with van der Waals surface area (Å²) in [5.74, 6) is -0.0623. The van der Waals surface area contributed by atoms with Crippen molar-refractivity contribution in [1.29, 1.82) is 0 Å². The molecule has 2 aromatic carbocycles. The number of aromatic nitrogens is 2. The number of halogens is 1. The van der Waals surface area contributed by atoms with Crippen molar-refractivity contribution in [2.45, 2.75) is 39.7 Å². The Hall–Kier alpha value is -4.01. The fourth-order valence-electron chi connectivity index (χ4n) is 3.57. The van der Waals surface area contributed by atoms with Crippen LogP contribution in [0.3, 0.4) is 0 Å². The quantitative estimate of drug-likeness (QED) is 0.281. The molecule has 2 aromatic heterocycles. The zero-order valence-electron chi connectivity index (χ0n) is 19.2. The Morgan fingerprint density at radius 2 is 1.97 bits per heavy atom. The molecule has 0 spiro atoms. The first-order valence-electron chi connectivity index (χ1n) is 10.7. The Kier molecular flexibility index (Phi) is 6.45. The van der Waals surface area contributed by atoms with Crippen molar-refractivity contribution in [1.82, 2.24) is 10.1 Å². The van der Waals surface area contributed by atoms with Gasteiger partial charge in [0.2, 0.25) is 5.82 Å². The second-order valence-corrected chi connectivity index (χ2v) is 7.91. The molecule has 4 rings (SSSR count). The summed E-state index contributed by atoms with van der Waals surface area (Å²) in [5, 5.41) is 4.60. The minimum atomic E-state index is -0.814. The van der Waals surface area contributed by atoms with Gasteiger partial charge in [0.1, 0.15) is 17.1 Å². The van der Waals surface area contributed by atoms with Gasteiger partial charge in [-0.25, -0.2) is 9.18 Å². The SMILES string of the molecule is COc1ccc2c(C)c(CCC(=O)OC(C)c3nc(-c4ccc(C)c(F)c4)no3)c(=O)oc2c1. The maximum absolute atomic E-state index is 13.8. The van der Waals surface area contributed by atoms with Crippen molar-refractivity contribution in [2.24, 2.45) is 0 Å². The fourth-order valence-corrected chi connectivity index (χ4v) is 3.57. The highest BCUT2D eigenvalue weighted by Crippen LogP contribution is 2.25. The molecule has 0 aliphatic rings. The highest BCUT2D eigenvalue weighted by Gasteiger charge is 2.21. The average Bonchev–Trinajstić information content (AvgIpc) is 3.31. The molecule has 8 nitrogen and oxygen atoms in total. The molecule has 0 aliphatic carbocycles. The topological polar surface area (TPSA) is 105 Å². The molecule has 0 bridgehead atoms. The van der Waals surface area contributed by atoms with Gasteiger partial charge in [0, 0.05) is 29.0 Å². The first-order chi connectivity index (χ1) is 16.3. The van der Waals surface area contributed by atoms with Crippen LogP contribution < -0.4 is 10.4 Å². The predicted molar refractivity (Wildman–Crippen MR) is 121 cm³/mol. The van der Waals surface area contributed by atoms with Crippen LogP contribution in [0.1, 0.15) is 42.0 Å². The zero-order valence-corrected chi connectivity index (χ0v) is 19.2. The average molecular weight is 466 g/mol. The minimum absolute atomic E-state index is 0.0399. The number of hydrogen-bond donors (Lipinski definition) is 0. The summed E-state index contributed by atoms with van der Waals surface area (Å²) in [6, 6.07) is 9.84. The molecule has 0 N–H and O–H groups in total. The van der Waals surface area contributed by atoms with Crippen LogP contribution in [0.2, 0.25) is 0 Å². The molecule has 0 saturated carbocycles. The number of hydrogen-bond acceptors (Lipinski definition) is 8. The van der Waals surface area contributed by atoms with Gasteiger partial charge in [-0.2, -0.15) is 4.98 Å². The van der Waals surface area contributed by atoms with Gasteiger partial charge in [-0.15, -0.1) is 0 Å². The van der Waals surface area contributed by atoms with Gasteiger partial charge < -0.3 is 18.4 Å². The molecule has 0 amide bonds. The summed E-state index contributed by atoms with van der Waals surface area (Å²) < 4.78 is 35.0. The third-order valence-corrected chi connectivity index (χ3v) is 5.60. The van der Waals surface area contributed by atoms with E-state index in [0.29, 0.717) is 28.0 Å². The molecular formula is C25H23FN2O6. The summed E-state index contributed by atoms with van der Waals surface area (Å²) in [4.78, 5) is 29.1. The molecule has 1 unspecified atom stereocenters. The van der Waals surface area contributed by atoms with E-state index in [2.05, 4.69) is 10.1 Å². The number of ether oxygens (including phenoxy) is 2. The molecule has 0 aliphatic heterocycles. The van der Waals surface area contributed by atoms with Crippen molar-refractivity contribution in [3.05, 3.63) is 75.2 Å². The van der Waals surface area contributed by atoms with E-state index in [4.69, 9.17) is 18.4 Å². The first-order valence-corrected chi connectivity index (χ1v) is 10.7. The van der Waals surface area contributed by atoms with Crippen LogP contribution in [-0.2, 0) is 16.0 Å². The maximum atomic E-state index is 13.8. The van der Waals surface area contributed by atoms with Crippen LogP contribution in [0, 0.1) is 19.7 Å². The highest BCUT2D eigenvalue weighted by molar-refractivity contribution is 5.82. The molecular weight excluding hydrogens is 443 g/mol. The van der Waals surface area contributed by atoms with Crippen molar-refractivity contribution in [2.75, 3.05) is 7.11 Å². The van der Waals surface area contributed by atoms with E-state index in [0.717, 1.165) is 10.9 Å². The van der Waals surface area contributed by atoms with E-state index in [1.54, 1.807) is 38.1 Å². The van der Waals surface area contributed by atoms with Crippen LogP contribution in [0.5, 0.6) is 5.75 Å². The summed E-state index contributed by atoms with van der Waals surface area (Å²) in [6.45, 7) is 5.06. The van der Waals surface area contributed by atoms with Gasteiger partial charge in [0.15, 0.2) is 6.10 Å². The molecule has 1 atom stereocenters. The van der Waals surface area contributed by atoms with Crippen molar-refractivity contribution in [3.63, 3.8) is 0 Å². The Labute approximate surface area is 194 Å². The fraction of sp³-hybridized carbons (Fsp3) is 0.280. The zero-order chi connectivity index (χ0) is 24.4. The van der Waals surface area contributed by atoms with E-state index in [1.165, 1.54) is 13.2 Å². The van der Waals surface area contributed by atoms with Crippen LogP contribution >= 0.6 is 0 Å². The summed E-state index contributed by atoms with van der Waals surface area (Å²) in [5.41, 5.74) is 2.01. The number of methoxy groups -OCH3 is 1. The maximum Gasteiger partial charge on any atom is 0.339 e. The molecule has 4 aromatic rings. The van der Waals surface area contributed by atoms with Crippen molar-refractivity contribution < 1.29 is 27.6 Å². The van der Waals surface area contributed by atoms with E-state index < -0.39 is 17.7 Å². The second kappa shape index (κ2) is 9.46. The largest absolute Gasteiger partial charge is 0.497 e. The van der Waals surface area contributed by atoms with Crippen LogP contribution in [0.4, 0.5) is 4.39 Å². The third-order valence-electron chi connectivity index (χ3n) is 5.60. The molecule has 2 heterocycles. The molecule has 0 saturated heterocycles. The molecule has 176 valence electrons. The number of rotatable bonds is 7. The normalized spacial score (nSPS) is 12.0. The second-order valence-electron chi connectivity index (χ2n) is 7.91. The number of carbonyl (C=O) groups is 1. The van der Waals surface area contributed by atoms with Gasteiger partial charge in [-0.3, -0.25) is 4.79 Å². The monoisotopic (exact) mass is 466 g/mol. The van der Waals surface area contributed by atoms with Crippen LogP contribution in [0.15, 0.2) is 50.1 Å². The third kappa shape index (κ3) is 4.68. The Bertz CT molecular complexity index is 1420. The van der Waals surface area contributed by atoms with E-state index in [1.807, 2.05) is 13.0 Å². The van der Waals surface area contributed by atoms with Gasteiger partial charge in [-0.05, 0) is 56.5 Å². The lowest BCUT2D eigenvalue weighted by Gasteiger charge is -2.11. The number of carbonyl (C=O) groups excluding carboxylic acids is 1. The molecule has 0 fully saturated rings. The van der Waals surface area contributed by atoms with Gasteiger partial charge in [0.05, 0.1) is 7.11 Å². The minimum Gasteiger partial charge on any atom is -0.497 e. The molecule has 9 heteroatoms. The summed E-state index contributed by atoms with van der Waals surface area (Å²) in [7, 11) is 1.53. The van der Waals surface area contributed by atoms with E-state index in [9.17, 15) is 14.0 Å². The van der Waals surface area contributed by atoms with E-state index >= 15 is 0 Å². The van der Waals surface area contributed by atoms with E-state index in [-0.39, 0.29) is 30.4 Å². The number of fused-ring (bicyclic) bond motifs is 1. The van der Waals surface area contributed by atoms with Gasteiger partial charge in [0.25, 0.3) is 5.89 Å². The first kappa shape index (κ1) is 23.2. The number of aryl methyl sites for hydroxylation is 2. The summed E-state index contributed by atoms with van der Waals surface area (Å²) in [6.07, 6.45) is -0.702.